The zero-order valence-corrected chi connectivity index (χ0v) is 7.58. The molecule has 0 unspecified atom stereocenters. The SMILES string of the molecule is CCN(N)C(=S)c1cnccn1. The van der Waals surface area contributed by atoms with Crippen molar-refractivity contribution in [2.45, 2.75) is 6.92 Å². The maximum absolute atomic E-state index is 5.57. The average molecular weight is 182 g/mol. The average Bonchev–Trinajstić information content (AvgIpc) is 2.17. The minimum Gasteiger partial charge on any atom is -0.300 e. The molecule has 1 heterocycles. The lowest BCUT2D eigenvalue weighted by Gasteiger charge is -2.15. The first-order valence-corrected chi connectivity index (χ1v) is 3.99. The predicted octanol–water partition coefficient (Wildman–Crippen LogP) is 0.348. The van der Waals surface area contributed by atoms with Gasteiger partial charge in [-0.05, 0) is 6.92 Å². The van der Waals surface area contributed by atoms with Crippen molar-refractivity contribution in [1.82, 2.24) is 15.0 Å². The van der Waals surface area contributed by atoms with Crippen molar-refractivity contribution < 1.29 is 0 Å². The van der Waals surface area contributed by atoms with E-state index in [-0.39, 0.29) is 0 Å². The highest BCUT2D eigenvalue weighted by atomic mass is 32.1. The number of nitrogens with two attached hydrogens (primary N) is 1. The van der Waals surface area contributed by atoms with Crippen LogP contribution in [-0.4, -0.2) is 26.5 Å². The zero-order valence-electron chi connectivity index (χ0n) is 6.77. The highest BCUT2D eigenvalue weighted by Crippen LogP contribution is 1.96. The lowest BCUT2D eigenvalue weighted by molar-refractivity contribution is 0.473. The fourth-order valence-corrected chi connectivity index (χ4v) is 0.935. The first kappa shape index (κ1) is 9.02. The third kappa shape index (κ3) is 1.96. The van der Waals surface area contributed by atoms with Gasteiger partial charge in [-0.1, -0.05) is 12.2 Å². The second kappa shape index (κ2) is 4.08. The minimum absolute atomic E-state index is 0.519. The Morgan fingerprint density at radius 3 is 2.92 bits per heavy atom. The Kier molecular flexibility index (Phi) is 3.07. The molecule has 2 N–H and O–H groups in total. The van der Waals surface area contributed by atoms with Crippen LogP contribution in [0.3, 0.4) is 0 Å². The second-order valence-electron chi connectivity index (χ2n) is 2.18. The van der Waals surface area contributed by atoms with E-state index in [0.29, 0.717) is 17.2 Å². The third-order valence-electron chi connectivity index (χ3n) is 1.38. The molecular weight excluding hydrogens is 172 g/mol. The Balaban J connectivity index is 2.79. The molecule has 0 spiro atoms. The molecule has 5 heteroatoms. The molecule has 0 saturated carbocycles. The number of hydrogen-bond acceptors (Lipinski definition) is 4. The summed E-state index contributed by atoms with van der Waals surface area (Å²) in [5.41, 5.74) is 0.636. The van der Waals surface area contributed by atoms with E-state index in [1.807, 2.05) is 6.92 Å². The number of nitrogens with zero attached hydrogens (tertiary/aromatic N) is 3. The van der Waals surface area contributed by atoms with Crippen LogP contribution in [0, 0.1) is 0 Å². The van der Waals surface area contributed by atoms with E-state index < -0.39 is 0 Å². The van der Waals surface area contributed by atoms with Crippen LogP contribution in [0.5, 0.6) is 0 Å². The number of hydrogen-bond donors (Lipinski definition) is 1. The van der Waals surface area contributed by atoms with E-state index >= 15 is 0 Å². The monoisotopic (exact) mass is 182 g/mol. The zero-order chi connectivity index (χ0) is 8.97. The van der Waals surface area contributed by atoms with Gasteiger partial charge in [-0.3, -0.25) is 15.0 Å². The highest BCUT2D eigenvalue weighted by molar-refractivity contribution is 7.80. The maximum atomic E-state index is 5.57. The topological polar surface area (TPSA) is 55.0 Å². The van der Waals surface area contributed by atoms with Crippen molar-refractivity contribution in [2.24, 2.45) is 5.84 Å². The first-order valence-electron chi connectivity index (χ1n) is 3.58. The van der Waals surface area contributed by atoms with Crippen molar-refractivity contribution in [1.29, 1.82) is 0 Å². The van der Waals surface area contributed by atoms with Gasteiger partial charge in [-0.2, -0.15) is 0 Å². The maximum Gasteiger partial charge on any atom is 0.143 e. The van der Waals surface area contributed by atoms with Gasteiger partial charge in [0.15, 0.2) is 0 Å². The molecule has 64 valence electrons. The van der Waals surface area contributed by atoms with E-state index in [1.165, 1.54) is 5.01 Å². The molecule has 0 aromatic carbocycles. The van der Waals surface area contributed by atoms with Gasteiger partial charge >= 0.3 is 0 Å². The number of rotatable bonds is 2. The summed E-state index contributed by atoms with van der Waals surface area (Å²) in [6.45, 7) is 2.58. The lowest BCUT2D eigenvalue weighted by Crippen LogP contribution is -2.36. The molecule has 1 rings (SSSR count). The molecule has 0 bridgehead atoms. The Bertz CT molecular complexity index is 261. The number of thiocarbonyl (C=S) groups is 1. The Morgan fingerprint density at radius 2 is 2.42 bits per heavy atom. The largest absolute Gasteiger partial charge is 0.300 e. The number of aromatic nitrogens is 2. The van der Waals surface area contributed by atoms with Crippen LogP contribution in [0.4, 0.5) is 0 Å². The molecule has 0 radical (unpaired) electrons. The molecular formula is C7H10N4S. The van der Waals surface area contributed by atoms with Gasteiger partial charge in [0.25, 0.3) is 0 Å². The molecule has 0 atom stereocenters. The summed E-state index contributed by atoms with van der Waals surface area (Å²) in [7, 11) is 0. The summed E-state index contributed by atoms with van der Waals surface area (Å²) >= 11 is 5.04. The van der Waals surface area contributed by atoms with Crippen LogP contribution in [0.15, 0.2) is 18.6 Å². The Labute approximate surface area is 76.4 Å². The van der Waals surface area contributed by atoms with Gasteiger partial charge in [0.1, 0.15) is 10.7 Å². The van der Waals surface area contributed by atoms with Crippen LogP contribution >= 0.6 is 12.2 Å². The normalized spacial score (nSPS) is 9.50. The summed E-state index contributed by atoms with van der Waals surface area (Å²) in [6.07, 6.45) is 4.78. The molecule has 0 fully saturated rings. The fraction of sp³-hybridized carbons (Fsp3) is 0.286. The van der Waals surface area contributed by atoms with Gasteiger partial charge in [0.05, 0.1) is 6.20 Å². The third-order valence-corrected chi connectivity index (χ3v) is 1.83. The van der Waals surface area contributed by atoms with Crippen LogP contribution in [0.25, 0.3) is 0 Å². The van der Waals surface area contributed by atoms with E-state index in [1.54, 1.807) is 18.6 Å². The first-order chi connectivity index (χ1) is 5.75. The molecule has 0 aliphatic carbocycles. The smallest absolute Gasteiger partial charge is 0.143 e. The van der Waals surface area contributed by atoms with Gasteiger partial charge < -0.3 is 0 Å². The van der Waals surface area contributed by atoms with Crippen LogP contribution < -0.4 is 5.84 Å². The Hall–Kier alpha value is -1.07. The lowest BCUT2D eigenvalue weighted by atomic mass is 10.4. The quantitative estimate of drug-likeness (QED) is 0.406. The van der Waals surface area contributed by atoms with E-state index in [4.69, 9.17) is 18.1 Å². The molecule has 0 aliphatic rings. The van der Waals surface area contributed by atoms with Crippen molar-refractivity contribution >= 4 is 17.2 Å². The molecule has 0 aliphatic heterocycles. The van der Waals surface area contributed by atoms with E-state index in [9.17, 15) is 0 Å². The Morgan fingerprint density at radius 1 is 1.67 bits per heavy atom. The van der Waals surface area contributed by atoms with Gasteiger partial charge in [-0.25, -0.2) is 5.84 Å². The minimum atomic E-state index is 0.519. The van der Waals surface area contributed by atoms with Crippen molar-refractivity contribution in [3.05, 3.63) is 24.3 Å². The molecule has 12 heavy (non-hydrogen) atoms. The van der Waals surface area contributed by atoms with Gasteiger partial charge in [-0.15, -0.1) is 0 Å². The van der Waals surface area contributed by atoms with E-state index in [2.05, 4.69) is 9.97 Å². The highest BCUT2D eigenvalue weighted by Gasteiger charge is 2.05. The summed E-state index contributed by atoms with van der Waals surface area (Å²) < 4.78 is 0. The summed E-state index contributed by atoms with van der Waals surface area (Å²) in [5, 5.41) is 1.46. The molecule has 0 amide bonds. The van der Waals surface area contributed by atoms with Crippen molar-refractivity contribution in [2.75, 3.05) is 6.54 Å². The van der Waals surface area contributed by atoms with Crippen molar-refractivity contribution in [3.63, 3.8) is 0 Å². The van der Waals surface area contributed by atoms with Gasteiger partial charge in [0, 0.05) is 18.9 Å². The summed E-state index contributed by atoms with van der Waals surface area (Å²) in [4.78, 5) is 8.43. The summed E-state index contributed by atoms with van der Waals surface area (Å²) in [6, 6.07) is 0. The van der Waals surface area contributed by atoms with Crippen molar-refractivity contribution in [3.8, 4) is 0 Å². The number of hydrazine groups is 1. The molecule has 0 saturated heterocycles. The molecule has 4 nitrogen and oxygen atoms in total. The van der Waals surface area contributed by atoms with Crippen LogP contribution in [0.2, 0.25) is 0 Å². The van der Waals surface area contributed by atoms with Crippen LogP contribution in [-0.2, 0) is 0 Å². The fourth-order valence-electron chi connectivity index (χ4n) is 0.700. The molecule has 1 aromatic rings. The molecule has 1 aromatic heterocycles. The standard InChI is InChI=1S/C7H10N4S/c1-2-11(8)7(12)6-5-9-3-4-10-6/h3-5H,2,8H2,1H3. The summed E-state index contributed by atoms with van der Waals surface area (Å²) in [5.74, 6) is 5.57. The predicted molar refractivity (Wildman–Crippen MR) is 50.3 cm³/mol. The second-order valence-corrected chi connectivity index (χ2v) is 2.57. The van der Waals surface area contributed by atoms with Crippen LogP contribution in [0.1, 0.15) is 12.6 Å². The van der Waals surface area contributed by atoms with Gasteiger partial charge in [0.2, 0.25) is 0 Å². The van der Waals surface area contributed by atoms with E-state index in [0.717, 1.165) is 0 Å².